The molecular formula is C18H18O6. The van der Waals surface area contributed by atoms with Crippen molar-refractivity contribution < 1.29 is 28.4 Å². The lowest BCUT2D eigenvalue weighted by Gasteiger charge is -2.16. The second-order valence-corrected chi connectivity index (χ2v) is 5.53. The van der Waals surface area contributed by atoms with Gasteiger partial charge in [-0.15, -0.1) is 0 Å². The SMILES string of the molecule is COc1ccc(C2OC(OC)c3cc4c(cc32)OCO4)cc1OC. The van der Waals surface area contributed by atoms with E-state index in [9.17, 15) is 0 Å². The van der Waals surface area contributed by atoms with Gasteiger partial charge in [0.25, 0.3) is 0 Å². The summed E-state index contributed by atoms with van der Waals surface area (Å²) in [7, 11) is 4.84. The van der Waals surface area contributed by atoms with Crippen LogP contribution in [0.25, 0.3) is 0 Å². The molecule has 0 amide bonds. The smallest absolute Gasteiger partial charge is 0.231 e. The Hall–Kier alpha value is -2.44. The molecular weight excluding hydrogens is 312 g/mol. The van der Waals surface area contributed by atoms with Crippen LogP contribution in [0.15, 0.2) is 30.3 Å². The fraction of sp³-hybridized carbons (Fsp3) is 0.333. The molecule has 2 unspecified atom stereocenters. The van der Waals surface area contributed by atoms with E-state index in [1.54, 1.807) is 21.3 Å². The van der Waals surface area contributed by atoms with Crippen LogP contribution in [0.3, 0.4) is 0 Å². The minimum atomic E-state index is -0.451. The number of ether oxygens (including phenoxy) is 6. The van der Waals surface area contributed by atoms with E-state index in [0.29, 0.717) is 17.2 Å². The third kappa shape index (κ3) is 2.26. The molecule has 0 saturated carbocycles. The summed E-state index contributed by atoms with van der Waals surface area (Å²) in [5.74, 6) is 2.77. The molecule has 0 N–H and O–H groups in total. The predicted octanol–water partition coefficient (Wildman–Crippen LogP) is 3.20. The number of rotatable bonds is 4. The summed E-state index contributed by atoms with van der Waals surface area (Å²) in [5, 5.41) is 0. The first-order chi connectivity index (χ1) is 11.7. The highest BCUT2D eigenvalue weighted by atomic mass is 16.7. The van der Waals surface area contributed by atoms with E-state index in [4.69, 9.17) is 28.4 Å². The number of methoxy groups -OCH3 is 3. The second-order valence-electron chi connectivity index (χ2n) is 5.53. The monoisotopic (exact) mass is 330 g/mol. The molecule has 2 aliphatic heterocycles. The topological polar surface area (TPSA) is 55.4 Å². The molecule has 2 heterocycles. The first kappa shape index (κ1) is 15.1. The van der Waals surface area contributed by atoms with Gasteiger partial charge in [-0.1, -0.05) is 6.07 Å². The lowest BCUT2D eigenvalue weighted by atomic mass is 9.98. The van der Waals surface area contributed by atoms with Crippen molar-refractivity contribution in [1.29, 1.82) is 0 Å². The molecule has 2 atom stereocenters. The Balaban J connectivity index is 1.78. The average Bonchev–Trinajstić information content (AvgIpc) is 3.22. The molecule has 0 bridgehead atoms. The van der Waals surface area contributed by atoms with Crippen LogP contribution in [0.4, 0.5) is 0 Å². The van der Waals surface area contributed by atoms with E-state index in [2.05, 4.69) is 0 Å². The minimum Gasteiger partial charge on any atom is -0.493 e. The van der Waals surface area contributed by atoms with Crippen molar-refractivity contribution in [3.05, 3.63) is 47.0 Å². The van der Waals surface area contributed by atoms with Crippen molar-refractivity contribution in [2.75, 3.05) is 28.1 Å². The minimum absolute atomic E-state index is 0.234. The highest BCUT2D eigenvalue weighted by Gasteiger charge is 2.36. The average molecular weight is 330 g/mol. The summed E-state index contributed by atoms with van der Waals surface area (Å²) in [4.78, 5) is 0. The van der Waals surface area contributed by atoms with Gasteiger partial charge in [0.05, 0.1) is 14.2 Å². The summed E-state index contributed by atoms with van der Waals surface area (Å²) >= 11 is 0. The van der Waals surface area contributed by atoms with Crippen molar-refractivity contribution in [2.24, 2.45) is 0 Å². The third-order valence-corrected chi connectivity index (χ3v) is 4.30. The molecule has 6 heteroatoms. The summed E-state index contributed by atoms with van der Waals surface area (Å²) in [6.45, 7) is 0.234. The Labute approximate surface area is 139 Å². The molecule has 0 aromatic heterocycles. The third-order valence-electron chi connectivity index (χ3n) is 4.30. The van der Waals surface area contributed by atoms with E-state index in [1.807, 2.05) is 30.3 Å². The lowest BCUT2D eigenvalue weighted by Crippen LogP contribution is -2.03. The van der Waals surface area contributed by atoms with Gasteiger partial charge in [-0.2, -0.15) is 0 Å². The van der Waals surface area contributed by atoms with E-state index in [-0.39, 0.29) is 12.9 Å². The van der Waals surface area contributed by atoms with E-state index in [1.165, 1.54) is 0 Å². The largest absolute Gasteiger partial charge is 0.493 e. The maximum Gasteiger partial charge on any atom is 0.231 e. The fourth-order valence-electron chi connectivity index (χ4n) is 3.13. The summed E-state index contributed by atoms with van der Waals surface area (Å²) < 4.78 is 33.2. The Kier molecular flexibility index (Phi) is 3.70. The lowest BCUT2D eigenvalue weighted by molar-refractivity contribution is -0.132. The molecule has 0 saturated heterocycles. The second kappa shape index (κ2) is 5.89. The van der Waals surface area contributed by atoms with Gasteiger partial charge < -0.3 is 28.4 Å². The van der Waals surface area contributed by atoms with Gasteiger partial charge in [-0.25, -0.2) is 0 Å². The molecule has 2 aliphatic rings. The highest BCUT2D eigenvalue weighted by molar-refractivity contribution is 5.54. The van der Waals surface area contributed by atoms with Crippen LogP contribution >= 0.6 is 0 Å². The molecule has 0 fully saturated rings. The van der Waals surface area contributed by atoms with Gasteiger partial charge in [0.15, 0.2) is 29.3 Å². The van der Waals surface area contributed by atoms with Gasteiger partial charge in [-0.05, 0) is 35.4 Å². The Morgan fingerprint density at radius 1 is 0.875 bits per heavy atom. The molecule has 0 aliphatic carbocycles. The Bertz CT molecular complexity index is 772. The van der Waals surface area contributed by atoms with Gasteiger partial charge in [0.1, 0.15) is 6.10 Å². The maximum atomic E-state index is 6.09. The van der Waals surface area contributed by atoms with Crippen LogP contribution in [0.1, 0.15) is 29.1 Å². The van der Waals surface area contributed by atoms with Crippen molar-refractivity contribution in [2.45, 2.75) is 12.4 Å². The first-order valence-electron chi connectivity index (χ1n) is 7.58. The standard InChI is InChI=1S/C18H18O6/c1-19-13-5-4-10(6-14(13)20-2)17-11-7-15-16(23-9-22-15)8-12(11)18(21-3)24-17/h4-8,17-18H,9H2,1-3H3. The summed E-state index contributed by atoms with van der Waals surface area (Å²) in [6.07, 6.45) is -0.730. The van der Waals surface area contributed by atoms with Gasteiger partial charge in [0, 0.05) is 12.7 Å². The summed E-state index contributed by atoms with van der Waals surface area (Å²) in [6, 6.07) is 9.61. The first-order valence-corrected chi connectivity index (χ1v) is 7.58. The maximum absolute atomic E-state index is 6.09. The number of fused-ring (bicyclic) bond motifs is 2. The van der Waals surface area contributed by atoms with E-state index in [0.717, 1.165) is 22.4 Å². The number of hydrogen-bond donors (Lipinski definition) is 0. The van der Waals surface area contributed by atoms with Crippen molar-refractivity contribution >= 4 is 0 Å². The van der Waals surface area contributed by atoms with Crippen molar-refractivity contribution in [3.8, 4) is 23.0 Å². The summed E-state index contributed by atoms with van der Waals surface area (Å²) in [5.41, 5.74) is 2.90. The van der Waals surface area contributed by atoms with Crippen molar-refractivity contribution in [1.82, 2.24) is 0 Å². The molecule has 2 aromatic carbocycles. The molecule has 6 nitrogen and oxygen atoms in total. The molecule has 4 rings (SSSR count). The Morgan fingerprint density at radius 2 is 1.58 bits per heavy atom. The molecule has 0 radical (unpaired) electrons. The molecule has 126 valence electrons. The zero-order valence-corrected chi connectivity index (χ0v) is 13.7. The van der Waals surface area contributed by atoms with Gasteiger partial charge in [-0.3, -0.25) is 0 Å². The van der Waals surface area contributed by atoms with Crippen LogP contribution < -0.4 is 18.9 Å². The van der Waals surface area contributed by atoms with Gasteiger partial charge >= 0.3 is 0 Å². The Morgan fingerprint density at radius 3 is 2.25 bits per heavy atom. The highest BCUT2D eigenvalue weighted by Crippen LogP contribution is 2.49. The zero-order valence-electron chi connectivity index (χ0n) is 13.7. The fourth-order valence-corrected chi connectivity index (χ4v) is 3.13. The number of benzene rings is 2. The van der Waals surface area contributed by atoms with E-state index < -0.39 is 6.29 Å². The van der Waals surface area contributed by atoms with Crippen LogP contribution in [0, 0.1) is 0 Å². The van der Waals surface area contributed by atoms with Crippen molar-refractivity contribution in [3.63, 3.8) is 0 Å². The molecule has 24 heavy (non-hydrogen) atoms. The zero-order chi connectivity index (χ0) is 16.7. The molecule has 0 spiro atoms. The van der Waals surface area contributed by atoms with Crippen LogP contribution in [0.5, 0.6) is 23.0 Å². The normalized spacial score (nSPS) is 20.8. The van der Waals surface area contributed by atoms with Gasteiger partial charge in [0.2, 0.25) is 6.79 Å². The quantitative estimate of drug-likeness (QED) is 0.858. The predicted molar refractivity (Wildman–Crippen MR) is 84.8 cm³/mol. The van der Waals surface area contributed by atoms with Crippen LogP contribution in [-0.4, -0.2) is 28.1 Å². The van der Waals surface area contributed by atoms with E-state index >= 15 is 0 Å². The molecule has 2 aromatic rings. The number of hydrogen-bond acceptors (Lipinski definition) is 6. The van der Waals surface area contributed by atoms with Crippen LogP contribution in [0.2, 0.25) is 0 Å². The van der Waals surface area contributed by atoms with Crippen LogP contribution in [-0.2, 0) is 9.47 Å².